The van der Waals surface area contributed by atoms with Gasteiger partial charge in [0.25, 0.3) is 0 Å². The van der Waals surface area contributed by atoms with Crippen molar-refractivity contribution in [3.63, 3.8) is 0 Å². The summed E-state index contributed by atoms with van der Waals surface area (Å²) in [5.41, 5.74) is 2.03. The molecule has 3 rings (SSSR count). The van der Waals surface area contributed by atoms with Gasteiger partial charge in [0, 0.05) is 18.6 Å². The molecule has 4 heteroatoms. The third-order valence-electron chi connectivity index (χ3n) is 3.48. The van der Waals surface area contributed by atoms with Crippen LogP contribution in [0.1, 0.15) is 30.8 Å². The van der Waals surface area contributed by atoms with Gasteiger partial charge in [-0.1, -0.05) is 25.1 Å². The lowest BCUT2D eigenvalue weighted by Crippen LogP contribution is -2.24. The third-order valence-corrected chi connectivity index (χ3v) is 3.48. The Kier molecular flexibility index (Phi) is 3.56. The molecule has 0 spiro atoms. The zero-order valence-electron chi connectivity index (χ0n) is 11.8. The highest BCUT2D eigenvalue weighted by atomic mass is 16.3. The number of nitrogens with zero attached hydrogens (tertiary/aromatic N) is 2. The van der Waals surface area contributed by atoms with Crippen LogP contribution in [0, 0.1) is 0 Å². The molecule has 0 bridgehead atoms. The first-order chi connectivity index (χ1) is 9.79. The van der Waals surface area contributed by atoms with E-state index in [2.05, 4.69) is 29.5 Å². The van der Waals surface area contributed by atoms with Crippen LogP contribution in [-0.4, -0.2) is 16.3 Å². The molecule has 2 aromatic heterocycles. The van der Waals surface area contributed by atoms with Gasteiger partial charge in [0.2, 0.25) is 0 Å². The molecule has 0 fully saturated rings. The fourth-order valence-corrected chi connectivity index (χ4v) is 2.45. The molecule has 0 radical (unpaired) electrons. The minimum atomic E-state index is 0.0369. The van der Waals surface area contributed by atoms with Gasteiger partial charge in [-0.3, -0.25) is 4.68 Å². The molecule has 3 aromatic rings. The molecule has 0 aliphatic rings. The van der Waals surface area contributed by atoms with E-state index in [4.69, 9.17) is 4.42 Å². The van der Waals surface area contributed by atoms with Crippen molar-refractivity contribution >= 4 is 11.0 Å². The molecule has 2 heterocycles. The quantitative estimate of drug-likeness (QED) is 0.773. The third kappa shape index (κ3) is 2.34. The van der Waals surface area contributed by atoms with Crippen LogP contribution in [0.15, 0.2) is 47.0 Å². The van der Waals surface area contributed by atoms with Crippen molar-refractivity contribution in [3.8, 4) is 0 Å². The Labute approximate surface area is 118 Å². The van der Waals surface area contributed by atoms with Crippen molar-refractivity contribution in [2.24, 2.45) is 7.05 Å². The topological polar surface area (TPSA) is 43.0 Å². The highest BCUT2D eigenvalue weighted by Gasteiger charge is 2.20. The Morgan fingerprint density at radius 3 is 2.85 bits per heavy atom. The van der Waals surface area contributed by atoms with Crippen molar-refractivity contribution in [1.82, 2.24) is 15.1 Å². The van der Waals surface area contributed by atoms with Crippen molar-refractivity contribution < 1.29 is 4.42 Å². The van der Waals surface area contributed by atoms with Crippen LogP contribution in [0.5, 0.6) is 0 Å². The molecule has 1 atom stereocenters. The minimum Gasteiger partial charge on any atom is -0.459 e. The average molecular weight is 269 g/mol. The lowest BCUT2D eigenvalue weighted by Gasteiger charge is -2.16. The van der Waals surface area contributed by atoms with Gasteiger partial charge in [-0.05, 0) is 31.2 Å². The van der Waals surface area contributed by atoms with Gasteiger partial charge in [-0.25, -0.2) is 0 Å². The van der Waals surface area contributed by atoms with E-state index in [1.807, 2.05) is 42.2 Å². The maximum atomic E-state index is 6.00. The molecule has 0 amide bonds. The lowest BCUT2D eigenvalue weighted by molar-refractivity contribution is 0.452. The molecule has 0 aliphatic heterocycles. The molecule has 104 valence electrons. The Hall–Kier alpha value is -2.07. The predicted molar refractivity (Wildman–Crippen MR) is 79.6 cm³/mol. The first-order valence-corrected chi connectivity index (χ1v) is 6.99. The van der Waals surface area contributed by atoms with Gasteiger partial charge in [-0.15, -0.1) is 0 Å². The second kappa shape index (κ2) is 5.51. The van der Waals surface area contributed by atoms with Crippen molar-refractivity contribution in [2.75, 3.05) is 6.54 Å². The minimum absolute atomic E-state index is 0.0369. The number of furan rings is 1. The number of aromatic nitrogens is 2. The van der Waals surface area contributed by atoms with Gasteiger partial charge in [0.15, 0.2) is 0 Å². The van der Waals surface area contributed by atoms with E-state index in [-0.39, 0.29) is 6.04 Å². The molecule has 0 aliphatic carbocycles. The van der Waals surface area contributed by atoms with Crippen LogP contribution in [0.25, 0.3) is 11.0 Å². The van der Waals surface area contributed by atoms with Crippen LogP contribution < -0.4 is 5.32 Å². The molecular formula is C16H19N3O. The van der Waals surface area contributed by atoms with Crippen LogP contribution in [0.3, 0.4) is 0 Å². The molecule has 0 saturated heterocycles. The largest absolute Gasteiger partial charge is 0.459 e. The average Bonchev–Trinajstić information content (AvgIpc) is 3.06. The monoisotopic (exact) mass is 269 g/mol. The van der Waals surface area contributed by atoms with Crippen LogP contribution in [0.2, 0.25) is 0 Å². The summed E-state index contributed by atoms with van der Waals surface area (Å²) in [4.78, 5) is 0. The smallest absolute Gasteiger partial charge is 0.134 e. The fraction of sp³-hybridized carbons (Fsp3) is 0.312. The molecule has 1 aromatic carbocycles. The highest BCUT2D eigenvalue weighted by molar-refractivity contribution is 5.77. The molecule has 1 N–H and O–H groups in total. The molecule has 4 nitrogen and oxygen atoms in total. The Morgan fingerprint density at radius 1 is 1.30 bits per heavy atom. The summed E-state index contributed by atoms with van der Waals surface area (Å²) in [6.07, 6.45) is 2.90. The van der Waals surface area contributed by atoms with Crippen molar-refractivity contribution in [2.45, 2.75) is 19.4 Å². The second-order valence-electron chi connectivity index (χ2n) is 4.95. The summed E-state index contributed by atoms with van der Waals surface area (Å²) in [5, 5.41) is 8.93. The van der Waals surface area contributed by atoms with Gasteiger partial charge in [0.1, 0.15) is 17.4 Å². The number of para-hydroxylation sites is 1. The zero-order valence-corrected chi connectivity index (χ0v) is 11.8. The maximum Gasteiger partial charge on any atom is 0.134 e. The summed E-state index contributed by atoms with van der Waals surface area (Å²) in [6, 6.07) is 12.3. The predicted octanol–water partition coefficient (Wildman–Crippen LogP) is 3.26. The van der Waals surface area contributed by atoms with E-state index < -0.39 is 0 Å². The van der Waals surface area contributed by atoms with Gasteiger partial charge in [0.05, 0.1) is 5.69 Å². The van der Waals surface area contributed by atoms with Crippen LogP contribution in [-0.2, 0) is 7.05 Å². The maximum absolute atomic E-state index is 6.00. The SMILES string of the molecule is CCCNC(c1cc2ccccc2o1)c1ccnn1C. The van der Waals surface area contributed by atoms with Crippen LogP contribution in [0.4, 0.5) is 0 Å². The molecule has 0 saturated carbocycles. The number of aryl methyl sites for hydroxylation is 1. The standard InChI is InChI=1S/C16H19N3O/c1-3-9-17-16(13-8-10-18-19(13)2)15-11-12-6-4-5-7-14(12)20-15/h4-8,10-11,16-17H,3,9H2,1-2H3. The summed E-state index contributed by atoms with van der Waals surface area (Å²) >= 11 is 0. The number of rotatable bonds is 5. The Bertz CT molecular complexity index is 665. The normalized spacial score (nSPS) is 12.9. The van der Waals surface area contributed by atoms with Crippen molar-refractivity contribution in [3.05, 3.63) is 54.0 Å². The number of hydrogen-bond donors (Lipinski definition) is 1. The number of benzene rings is 1. The van der Waals surface area contributed by atoms with Gasteiger partial charge < -0.3 is 9.73 Å². The summed E-state index contributed by atoms with van der Waals surface area (Å²) in [7, 11) is 1.96. The molecule has 20 heavy (non-hydrogen) atoms. The summed E-state index contributed by atoms with van der Waals surface area (Å²) in [6.45, 7) is 3.10. The van der Waals surface area contributed by atoms with Crippen molar-refractivity contribution in [1.29, 1.82) is 0 Å². The zero-order chi connectivity index (χ0) is 13.9. The Balaban J connectivity index is 2.02. The summed E-state index contributed by atoms with van der Waals surface area (Å²) in [5.74, 6) is 0.934. The number of fused-ring (bicyclic) bond motifs is 1. The lowest BCUT2D eigenvalue weighted by atomic mass is 10.1. The van der Waals surface area contributed by atoms with E-state index >= 15 is 0 Å². The van der Waals surface area contributed by atoms with E-state index in [0.29, 0.717) is 0 Å². The number of nitrogens with one attached hydrogen (secondary N) is 1. The van der Waals surface area contributed by atoms with E-state index in [0.717, 1.165) is 35.4 Å². The Morgan fingerprint density at radius 2 is 2.15 bits per heavy atom. The fourth-order valence-electron chi connectivity index (χ4n) is 2.45. The van der Waals surface area contributed by atoms with Gasteiger partial charge >= 0.3 is 0 Å². The first-order valence-electron chi connectivity index (χ1n) is 6.99. The summed E-state index contributed by atoms with van der Waals surface area (Å²) < 4.78 is 7.89. The van der Waals surface area contributed by atoms with E-state index in [1.165, 1.54) is 0 Å². The number of hydrogen-bond acceptors (Lipinski definition) is 3. The highest BCUT2D eigenvalue weighted by Crippen LogP contribution is 2.27. The second-order valence-corrected chi connectivity index (χ2v) is 4.95. The van der Waals surface area contributed by atoms with E-state index in [1.54, 1.807) is 0 Å². The molecular weight excluding hydrogens is 250 g/mol. The molecule has 1 unspecified atom stereocenters. The van der Waals surface area contributed by atoms with E-state index in [9.17, 15) is 0 Å². The first kappa shape index (κ1) is 12.9. The van der Waals surface area contributed by atoms with Gasteiger partial charge in [-0.2, -0.15) is 5.10 Å². The van der Waals surface area contributed by atoms with Crippen LogP contribution >= 0.6 is 0 Å².